The molecule has 5 nitrogen and oxygen atoms in total. The van der Waals surface area contributed by atoms with Crippen molar-refractivity contribution in [2.24, 2.45) is 0 Å². The molecule has 1 aliphatic heterocycles. The van der Waals surface area contributed by atoms with Crippen LogP contribution in [-0.2, 0) is 9.59 Å². The molecule has 2 N–H and O–H groups in total. The molecule has 138 valence electrons. The molecule has 0 bridgehead atoms. The molecule has 1 saturated heterocycles. The maximum absolute atomic E-state index is 12.7. The minimum Gasteiger partial charge on any atom is -0.508 e. The first-order valence-electron chi connectivity index (χ1n) is 7.97. The molecule has 1 unspecified atom stereocenters. The highest BCUT2D eigenvalue weighted by atomic mass is 35.5. The van der Waals surface area contributed by atoms with E-state index in [4.69, 9.17) is 23.8 Å². The number of hydrogen-bond donors (Lipinski definition) is 2. The summed E-state index contributed by atoms with van der Waals surface area (Å²) in [6, 6.07) is 12.5. The van der Waals surface area contributed by atoms with Crippen LogP contribution in [0.25, 0.3) is 6.08 Å². The molecule has 1 fully saturated rings. The van der Waals surface area contributed by atoms with Gasteiger partial charge in [0.2, 0.25) is 5.91 Å². The number of phenols is 1. The predicted molar refractivity (Wildman–Crippen MR) is 113 cm³/mol. The Morgan fingerprint density at radius 2 is 2.00 bits per heavy atom. The number of thiocarbonyl (C=S) groups is 1. The molecule has 0 saturated carbocycles. The Morgan fingerprint density at radius 3 is 2.67 bits per heavy atom. The third-order valence-electron chi connectivity index (χ3n) is 3.87. The molecule has 27 heavy (non-hydrogen) atoms. The van der Waals surface area contributed by atoms with E-state index in [-0.39, 0.29) is 17.6 Å². The summed E-state index contributed by atoms with van der Waals surface area (Å²) >= 11 is 12.3. The molecular weight excluding hydrogens is 404 g/mol. The number of phenolic OH excluding ortho intramolecular Hbond substituents is 1. The summed E-state index contributed by atoms with van der Waals surface area (Å²) < 4.78 is 0.310. The van der Waals surface area contributed by atoms with Crippen molar-refractivity contribution in [2.75, 3.05) is 5.32 Å². The Bertz CT molecular complexity index is 944. The molecule has 2 aromatic rings. The van der Waals surface area contributed by atoms with Crippen LogP contribution in [0.15, 0.2) is 53.4 Å². The second kappa shape index (κ2) is 8.12. The van der Waals surface area contributed by atoms with Crippen LogP contribution in [0.1, 0.15) is 12.5 Å². The summed E-state index contributed by atoms with van der Waals surface area (Å²) in [5.41, 5.74) is 1.26. The highest BCUT2D eigenvalue weighted by Gasteiger charge is 2.38. The summed E-state index contributed by atoms with van der Waals surface area (Å²) in [5, 5.41) is 12.9. The van der Waals surface area contributed by atoms with Gasteiger partial charge in [0, 0.05) is 10.7 Å². The molecule has 0 spiro atoms. The second-order valence-electron chi connectivity index (χ2n) is 5.82. The average Bonchev–Trinajstić information content (AvgIpc) is 2.90. The minimum atomic E-state index is -0.775. The maximum atomic E-state index is 12.7. The third kappa shape index (κ3) is 4.50. The van der Waals surface area contributed by atoms with Gasteiger partial charge in [-0.2, -0.15) is 0 Å². The molecule has 1 atom stereocenters. The summed E-state index contributed by atoms with van der Waals surface area (Å²) in [6.07, 6.45) is 1.64. The van der Waals surface area contributed by atoms with E-state index in [1.54, 1.807) is 61.5 Å². The van der Waals surface area contributed by atoms with E-state index in [0.29, 0.717) is 25.5 Å². The number of amides is 2. The van der Waals surface area contributed by atoms with E-state index in [0.717, 1.165) is 11.8 Å². The largest absolute Gasteiger partial charge is 0.508 e. The number of rotatable bonds is 4. The molecule has 2 aromatic carbocycles. The van der Waals surface area contributed by atoms with E-state index in [1.165, 1.54) is 4.90 Å². The molecule has 0 radical (unpaired) electrons. The van der Waals surface area contributed by atoms with E-state index in [2.05, 4.69) is 5.32 Å². The van der Waals surface area contributed by atoms with Gasteiger partial charge in [-0.1, -0.05) is 47.7 Å². The molecule has 8 heteroatoms. The summed E-state index contributed by atoms with van der Waals surface area (Å²) in [7, 11) is 0. The monoisotopic (exact) mass is 418 g/mol. The quantitative estimate of drug-likeness (QED) is 0.573. The smallest absolute Gasteiger partial charge is 0.266 e. The van der Waals surface area contributed by atoms with Gasteiger partial charge in [-0.15, -0.1) is 0 Å². The number of carbonyl (C=O) groups is 2. The lowest BCUT2D eigenvalue weighted by atomic mass is 10.2. The second-order valence-corrected chi connectivity index (χ2v) is 7.93. The van der Waals surface area contributed by atoms with E-state index in [1.807, 2.05) is 0 Å². The fraction of sp³-hybridized carbons (Fsp3) is 0.105. The van der Waals surface area contributed by atoms with Gasteiger partial charge in [-0.3, -0.25) is 14.5 Å². The number of halogens is 1. The van der Waals surface area contributed by atoms with Crippen LogP contribution < -0.4 is 5.32 Å². The molecule has 1 aliphatic rings. The van der Waals surface area contributed by atoms with Gasteiger partial charge in [0.05, 0.1) is 4.91 Å². The SMILES string of the molecule is CC(C(=O)Nc1ccc(Cl)cc1)N1C(=O)/C(=C/c2cccc(O)c2)SC1=S. The first kappa shape index (κ1) is 19.4. The zero-order valence-electron chi connectivity index (χ0n) is 14.2. The van der Waals surface area contributed by atoms with Gasteiger partial charge in [0.15, 0.2) is 0 Å². The average molecular weight is 419 g/mol. The first-order valence-corrected chi connectivity index (χ1v) is 9.58. The fourth-order valence-corrected chi connectivity index (χ4v) is 4.02. The minimum absolute atomic E-state index is 0.106. The maximum Gasteiger partial charge on any atom is 0.266 e. The van der Waals surface area contributed by atoms with Gasteiger partial charge >= 0.3 is 0 Å². The lowest BCUT2D eigenvalue weighted by Crippen LogP contribution is -2.44. The number of carbonyl (C=O) groups excluding carboxylic acids is 2. The predicted octanol–water partition coefficient (Wildman–Crippen LogP) is 4.27. The van der Waals surface area contributed by atoms with Gasteiger partial charge in [0.1, 0.15) is 16.1 Å². The lowest BCUT2D eigenvalue weighted by Gasteiger charge is -2.22. The summed E-state index contributed by atoms with van der Waals surface area (Å²) in [5.74, 6) is -0.589. The van der Waals surface area contributed by atoms with Crippen LogP contribution >= 0.6 is 35.6 Å². The van der Waals surface area contributed by atoms with Crippen LogP contribution in [0.2, 0.25) is 5.02 Å². The van der Waals surface area contributed by atoms with Crippen molar-refractivity contribution >= 4 is 63.5 Å². The third-order valence-corrected chi connectivity index (χ3v) is 5.45. The topological polar surface area (TPSA) is 69.6 Å². The molecule has 0 aromatic heterocycles. The highest BCUT2D eigenvalue weighted by molar-refractivity contribution is 8.26. The Hall–Kier alpha value is -2.35. The van der Waals surface area contributed by atoms with Crippen molar-refractivity contribution in [1.82, 2.24) is 4.90 Å². The van der Waals surface area contributed by atoms with Crippen molar-refractivity contribution < 1.29 is 14.7 Å². The molecule has 1 heterocycles. The first-order chi connectivity index (χ1) is 12.8. The van der Waals surface area contributed by atoms with Gasteiger partial charge < -0.3 is 10.4 Å². The zero-order chi connectivity index (χ0) is 19.6. The lowest BCUT2D eigenvalue weighted by molar-refractivity contribution is -0.129. The van der Waals surface area contributed by atoms with Crippen molar-refractivity contribution in [3.8, 4) is 5.75 Å². The van der Waals surface area contributed by atoms with Gasteiger partial charge in [-0.05, 0) is 55.0 Å². The molecule has 0 aliphatic carbocycles. The van der Waals surface area contributed by atoms with E-state index >= 15 is 0 Å². The molecule has 2 amide bonds. The van der Waals surface area contributed by atoms with Crippen LogP contribution in [-0.4, -0.2) is 32.2 Å². The van der Waals surface area contributed by atoms with Crippen LogP contribution in [0.5, 0.6) is 5.75 Å². The van der Waals surface area contributed by atoms with Crippen molar-refractivity contribution in [1.29, 1.82) is 0 Å². The highest BCUT2D eigenvalue weighted by Crippen LogP contribution is 2.34. The Kier molecular flexibility index (Phi) is 5.84. The van der Waals surface area contributed by atoms with Crippen LogP contribution in [0.3, 0.4) is 0 Å². The fourth-order valence-electron chi connectivity index (χ4n) is 2.48. The van der Waals surface area contributed by atoms with Gasteiger partial charge in [0.25, 0.3) is 5.91 Å². The summed E-state index contributed by atoms with van der Waals surface area (Å²) in [4.78, 5) is 27.0. The zero-order valence-corrected chi connectivity index (χ0v) is 16.6. The number of aromatic hydroxyl groups is 1. The Labute approximate surface area is 171 Å². The van der Waals surface area contributed by atoms with E-state index in [9.17, 15) is 14.7 Å². The van der Waals surface area contributed by atoms with Crippen LogP contribution in [0.4, 0.5) is 5.69 Å². The van der Waals surface area contributed by atoms with Gasteiger partial charge in [-0.25, -0.2) is 0 Å². The number of hydrogen-bond acceptors (Lipinski definition) is 5. The van der Waals surface area contributed by atoms with Crippen molar-refractivity contribution in [2.45, 2.75) is 13.0 Å². The molecule has 3 rings (SSSR count). The number of thioether (sulfide) groups is 1. The number of anilines is 1. The summed E-state index contributed by atoms with van der Waals surface area (Å²) in [6.45, 7) is 1.62. The normalized spacial score (nSPS) is 16.7. The Balaban J connectivity index is 1.75. The Morgan fingerprint density at radius 1 is 1.30 bits per heavy atom. The van der Waals surface area contributed by atoms with Crippen LogP contribution in [0, 0.1) is 0 Å². The number of nitrogens with zero attached hydrogens (tertiary/aromatic N) is 1. The molecular formula is C19H15ClN2O3S2. The number of benzene rings is 2. The standard InChI is InChI=1S/C19H15ClN2O3S2/c1-11(17(24)21-14-7-5-13(20)6-8-14)22-18(25)16(27-19(22)26)10-12-3-2-4-15(23)9-12/h2-11,23H,1H3,(H,21,24)/b16-10-. The van der Waals surface area contributed by atoms with Crippen molar-refractivity contribution in [3.63, 3.8) is 0 Å². The number of nitrogens with one attached hydrogen (secondary N) is 1. The van der Waals surface area contributed by atoms with E-state index < -0.39 is 6.04 Å². The van der Waals surface area contributed by atoms with Crippen molar-refractivity contribution in [3.05, 3.63) is 64.0 Å².